The highest BCUT2D eigenvalue weighted by Crippen LogP contribution is 2.30. The van der Waals surface area contributed by atoms with E-state index in [9.17, 15) is 4.79 Å². The van der Waals surface area contributed by atoms with Crippen molar-refractivity contribution in [1.29, 1.82) is 0 Å². The van der Waals surface area contributed by atoms with Gasteiger partial charge in [-0.05, 0) is 34.1 Å². The first-order valence-electron chi connectivity index (χ1n) is 5.91. The number of nitrogens with zero attached hydrogens (tertiary/aromatic N) is 1. The fourth-order valence-corrected chi connectivity index (χ4v) is 2.48. The molecule has 1 aromatic carbocycles. The summed E-state index contributed by atoms with van der Waals surface area (Å²) in [5, 5.41) is 0.510. The highest BCUT2D eigenvalue weighted by atomic mass is 79.9. The zero-order valence-corrected chi connectivity index (χ0v) is 12.2. The Labute approximate surface area is 123 Å². The summed E-state index contributed by atoms with van der Waals surface area (Å²) in [6.45, 7) is 0. The minimum atomic E-state index is -0.0959. The minimum Gasteiger partial charge on any atom is -0.495 e. The van der Waals surface area contributed by atoms with Gasteiger partial charge >= 0.3 is 0 Å². The van der Waals surface area contributed by atoms with Crippen molar-refractivity contribution >= 4 is 26.9 Å². The Kier molecular flexibility index (Phi) is 3.28. The van der Waals surface area contributed by atoms with E-state index in [2.05, 4.69) is 20.9 Å². The summed E-state index contributed by atoms with van der Waals surface area (Å²) in [6, 6.07) is 8.47. The van der Waals surface area contributed by atoms with E-state index < -0.39 is 0 Å². The summed E-state index contributed by atoms with van der Waals surface area (Å²) in [5.41, 5.74) is 1.20. The maximum absolute atomic E-state index is 12.2. The number of halogens is 1. The van der Waals surface area contributed by atoms with E-state index in [1.807, 2.05) is 0 Å². The molecule has 0 saturated heterocycles. The molecule has 0 aliphatic rings. The Morgan fingerprint density at radius 1 is 1.20 bits per heavy atom. The molecule has 0 aliphatic carbocycles. The second-order valence-electron chi connectivity index (χ2n) is 4.19. The summed E-state index contributed by atoms with van der Waals surface area (Å²) in [4.78, 5) is 16.1. The van der Waals surface area contributed by atoms with Crippen LogP contribution in [-0.2, 0) is 0 Å². The molecule has 0 atom stereocenters. The number of methoxy groups -OCH3 is 1. The predicted molar refractivity (Wildman–Crippen MR) is 80.0 cm³/mol. The van der Waals surface area contributed by atoms with Gasteiger partial charge in [0.25, 0.3) is 0 Å². The van der Waals surface area contributed by atoms with Gasteiger partial charge < -0.3 is 9.15 Å². The summed E-state index contributed by atoms with van der Waals surface area (Å²) < 4.78 is 11.7. The van der Waals surface area contributed by atoms with Crippen molar-refractivity contribution in [2.24, 2.45) is 0 Å². The molecule has 0 unspecified atom stereocenters. The summed E-state index contributed by atoms with van der Waals surface area (Å²) >= 11 is 3.36. The lowest BCUT2D eigenvalue weighted by Gasteiger charge is -2.06. The molecule has 20 heavy (non-hydrogen) atoms. The lowest BCUT2D eigenvalue weighted by molar-refractivity contribution is 0.412. The van der Waals surface area contributed by atoms with Crippen LogP contribution in [0.25, 0.3) is 22.3 Å². The second kappa shape index (κ2) is 5.09. The minimum absolute atomic E-state index is 0.0959. The first kappa shape index (κ1) is 12.9. The normalized spacial score (nSPS) is 10.7. The monoisotopic (exact) mass is 331 g/mol. The zero-order chi connectivity index (χ0) is 14.1. The van der Waals surface area contributed by atoms with Crippen LogP contribution in [0.2, 0.25) is 0 Å². The molecule has 0 amide bonds. The largest absolute Gasteiger partial charge is 0.495 e. The van der Waals surface area contributed by atoms with E-state index in [1.54, 1.807) is 43.8 Å². The molecule has 0 N–H and O–H groups in total. The number of hydrogen-bond donors (Lipinski definition) is 0. The van der Waals surface area contributed by atoms with Gasteiger partial charge in [-0.15, -0.1) is 0 Å². The van der Waals surface area contributed by atoms with Crippen LogP contribution < -0.4 is 10.2 Å². The second-order valence-corrected chi connectivity index (χ2v) is 5.05. The Morgan fingerprint density at radius 3 is 2.65 bits per heavy atom. The molecule has 0 saturated carbocycles. The smallest absolute Gasteiger partial charge is 0.193 e. The van der Waals surface area contributed by atoms with E-state index >= 15 is 0 Å². The third kappa shape index (κ3) is 2.20. The van der Waals surface area contributed by atoms with Crippen molar-refractivity contribution in [2.45, 2.75) is 0 Å². The van der Waals surface area contributed by atoms with Gasteiger partial charge in [-0.1, -0.05) is 0 Å². The number of aromatic nitrogens is 1. The summed E-state index contributed by atoms with van der Waals surface area (Å²) in [6.07, 6.45) is 3.31. The predicted octanol–water partition coefficient (Wildman–Crippen LogP) is 3.63. The van der Waals surface area contributed by atoms with Crippen LogP contribution in [0, 0.1) is 0 Å². The van der Waals surface area contributed by atoms with Gasteiger partial charge in [0.1, 0.15) is 17.1 Å². The third-order valence-corrected chi connectivity index (χ3v) is 3.59. The molecule has 100 valence electrons. The highest BCUT2D eigenvalue weighted by molar-refractivity contribution is 9.10. The van der Waals surface area contributed by atoms with E-state index in [0.29, 0.717) is 22.5 Å². The molecule has 4 nitrogen and oxygen atoms in total. The zero-order valence-electron chi connectivity index (χ0n) is 10.6. The van der Waals surface area contributed by atoms with Gasteiger partial charge in [0, 0.05) is 30.1 Å². The standard InChI is InChI=1S/C15H10BrNO3/c1-19-15-8-14-10(6-11(15)16)12(18)7-13(20-14)9-2-4-17-5-3-9/h2-8H,1H3. The van der Waals surface area contributed by atoms with E-state index in [0.717, 1.165) is 10.0 Å². The van der Waals surface area contributed by atoms with E-state index in [4.69, 9.17) is 9.15 Å². The van der Waals surface area contributed by atoms with Crippen LogP contribution in [0.15, 0.2) is 56.4 Å². The van der Waals surface area contributed by atoms with E-state index in [1.165, 1.54) is 6.07 Å². The Balaban J connectivity index is 2.28. The van der Waals surface area contributed by atoms with Crippen molar-refractivity contribution in [3.8, 4) is 17.1 Å². The van der Waals surface area contributed by atoms with Gasteiger partial charge in [-0.2, -0.15) is 0 Å². The molecule has 0 fully saturated rings. The first-order chi connectivity index (χ1) is 9.69. The highest BCUT2D eigenvalue weighted by Gasteiger charge is 2.10. The van der Waals surface area contributed by atoms with Crippen LogP contribution in [0.3, 0.4) is 0 Å². The summed E-state index contributed by atoms with van der Waals surface area (Å²) in [7, 11) is 1.57. The van der Waals surface area contributed by atoms with E-state index in [-0.39, 0.29) is 5.43 Å². The van der Waals surface area contributed by atoms with Crippen molar-refractivity contribution < 1.29 is 9.15 Å². The molecule has 2 aromatic heterocycles. The van der Waals surface area contributed by atoms with Gasteiger partial charge in [-0.25, -0.2) is 0 Å². The Hall–Kier alpha value is -2.14. The molecule has 3 rings (SSSR count). The van der Waals surface area contributed by atoms with Gasteiger partial charge in [0.2, 0.25) is 0 Å². The maximum Gasteiger partial charge on any atom is 0.193 e. The molecular weight excluding hydrogens is 322 g/mol. The van der Waals surface area contributed by atoms with Crippen molar-refractivity contribution in [3.63, 3.8) is 0 Å². The number of rotatable bonds is 2. The lowest BCUT2D eigenvalue weighted by atomic mass is 10.1. The lowest BCUT2D eigenvalue weighted by Crippen LogP contribution is -2.01. The van der Waals surface area contributed by atoms with Crippen LogP contribution in [-0.4, -0.2) is 12.1 Å². The number of fused-ring (bicyclic) bond motifs is 1. The maximum atomic E-state index is 12.2. The van der Waals surface area contributed by atoms with Crippen molar-refractivity contribution in [2.75, 3.05) is 7.11 Å². The SMILES string of the molecule is COc1cc2oc(-c3ccncc3)cc(=O)c2cc1Br. The molecular formula is C15H10BrNO3. The van der Waals surface area contributed by atoms with Gasteiger partial charge in [-0.3, -0.25) is 9.78 Å². The van der Waals surface area contributed by atoms with Crippen LogP contribution >= 0.6 is 15.9 Å². The molecule has 0 bridgehead atoms. The fraction of sp³-hybridized carbons (Fsp3) is 0.0667. The molecule has 0 aliphatic heterocycles. The quantitative estimate of drug-likeness (QED) is 0.719. The fourth-order valence-electron chi connectivity index (χ4n) is 1.97. The van der Waals surface area contributed by atoms with Gasteiger partial charge in [0.05, 0.1) is 17.0 Å². The molecule has 5 heteroatoms. The van der Waals surface area contributed by atoms with Crippen LogP contribution in [0.1, 0.15) is 0 Å². The van der Waals surface area contributed by atoms with Crippen molar-refractivity contribution in [1.82, 2.24) is 4.98 Å². The van der Waals surface area contributed by atoms with Crippen molar-refractivity contribution in [3.05, 3.63) is 57.4 Å². The molecule has 3 aromatic rings. The number of hydrogen-bond acceptors (Lipinski definition) is 4. The average Bonchev–Trinajstić information content (AvgIpc) is 2.48. The Morgan fingerprint density at radius 2 is 1.95 bits per heavy atom. The average molecular weight is 332 g/mol. The molecule has 0 spiro atoms. The molecule has 2 heterocycles. The topological polar surface area (TPSA) is 52.3 Å². The molecule has 0 radical (unpaired) electrons. The van der Waals surface area contributed by atoms with Crippen LogP contribution in [0.5, 0.6) is 5.75 Å². The Bertz CT molecular complexity index is 828. The van der Waals surface area contributed by atoms with Gasteiger partial charge in [0.15, 0.2) is 5.43 Å². The first-order valence-corrected chi connectivity index (χ1v) is 6.70. The number of benzene rings is 1. The van der Waals surface area contributed by atoms with Crippen LogP contribution in [0.4, 0.5) is 0 Å². The third-order valence-electron chi connectivity index (χ3n) is 2.97. The summed E-state index contributed by atoms with van der Waals surface area (Å²) in [5.74, 6) is 1.13. The number of ether oxygens (including phenoxy) is 1. The number of pyridine rings is 1.